The fraction of sp³-hybridized carbons (Fsp3) is 0.455. The van der Waals surface area contributed by atoms with Crippen molar-refractivity contribution in [2.24, 2.45) is 0 Å². The molecule has 1 aliphatic rings. The van der Waals surface area contributed by atoms with E-state index in [0.717, 1.165) is 62.5 Å². The molecule has 3 rings (SSSR count). The van der Waals surface area contributed by atoms with Crippen molar-refractivity contribution in [3.05, 3.63) is 45.7 Å². The van der Waals surface area contributed by atoms with Crippen molar-refractivity contribution in [2.45, 2.75) is 33.2 Å². The van der Waals surface area contributed by atoms with Crippen LogP contribution in [0.4, 0.5) is 11.4 Å². The molecule has 1 aromatic heterocycles. The molecule has 0 aliphatic carbocycles. The van der Waals surface area contributed by atoms with Crippen molar-refractivity contribution < 1.29 is 4.79 Å². The highest BCUT2D eigenvalue weighted by atomic mass is 35.5. The van der Waals surface area contributed by atoms with E-state index in [0.29, 0.717) is 15.9 Å². The van der Waals surface area contributed by atoms with Crippen LogP contribution < -0.4 is 10.2 Å². The lowest BCUT2D eigenvalue weighted by Gasteiger charge is -2.35. The van der Waals surface area contributed by atoms with E-state index < -0.39 is 0 Å². The smallest absolute Gasteiger partial charge is 0.248 e. The molecule has 6 nitrogen and oxygen atoms in total. The summed E-state index contributed by atoms with van der Waals surface area (Å²) < 4.78 is 1.79. The molecule has 1 aromatic carbocycles. The SMILES string of the molecule is CCCCn1nc(C)c(/C=C/C(=O)Nc2cc(Cl)ccc2N2CCN(C)CC2)c1Cl. The number of hydrogen-bond acceptors (Lipinski definition) is 4. The van der Waals surface area contributed by atoms with Gasteiger partial charge in [0.05, 0.1) is 17.1 Å². The molecule has 0 atom stereocenters. The average molecular weight is 450 g/mol. The van der Waals surface area contributed by atoms with E-state index in [-0.39, 0.29) is 5.91 Å². The highest BCUT2D eigenvalue weighted by molar-refractivity contribution is 6.31. The first-order valence-electron chi connectivity index (χ1n) is 10.3. The van der Waals surface area contributed by atoms with Gasteiger partial charge in [0.1, 0.15) is 5.15 Å². The standard InChI is InChI=1S/C22H29Cl2N5O/c1-4-5-10-29-22(24)18(16(2)26-29)7-9-21(30)25-19-15-17(23)6-8-20(19)28-13-11-27(3)12-14-28/h6-9,15H,4-5,10-14H2,1-3H3,(H,25,30)/b9-7+. The number of aromatic nitrogens is 2. The van der Waals surface area contributed by atoms with Crippen molar-refractivity contribution in [1.82, 2.24) is 14.7 Å². The zero-order valence-electron chi connectivity index (χ0n) is 17.8. The lowest BCUT2D eigenvalue weighted by Crippen LogP contribution is -2.44. The highest BCUT2D eigenvalue weighted by Gasteiger charge is 2.18. The van der Waals surface area contributed by atoms with Crippen LogP contribution in [0.1, 0.15) is 31.0 Å². The van der Waals surface area contributed by atoms with Crippen LogP contribution in [-0.4, -0.2) is 53.8 Å². The molecule has 0 radical (unpaired) electrons. The molecule has 2 heterocycles. The molecular weight excluding hydrogens is 421 g/mol. The van der Waals surface area contributed by atoms with Gasteiger partial charge < -0.3 is 15.1 Å². The second-order valence-electron chi connectivity index (χ2n) is 7.64. The molecule has 8 heteroatoms. The second kappa shape index (κ2) is 10.3. The van der Waals surface area contributed by atoms with E-state index in [1.54, 1.807) is 16.8 Å². The normalized spacial score (nSPS) is 15.2. The fourth-order valence-corrected chi connectivity index (χ4v) is 3.97. The Morgan fingerprint density at radius 2 is 1.97 bits per heavy atom. The molecule has 1 amide bonds. The highest BCUT2D eigenvalue weighted by Crippen LogP contribution is 2.30. The Morgan fingerprint density at radius 1 is 1.23 bits per heavy atom. The van der Waals surface area contributed by atoms with E-state index in [4.69, 9.17) is 23.2 Å². The molecule has 162 valence electrons. The average Bonchev–Trinajstić information content (AvgIpc) is 2.98. The number of aryl methyl sites for hydroxylation is 2. The van der Waals surface area contributed by atoms with E-state index >= 15 is 0 Å². The quantitative estimate of drug-likeness (QED) is 0.622. The Hall–Kier alpha value is -2.02. The lowest BCUT2D eigenvalue weighted by molar-refractivity contribution is -0.111. The second-order valence-corrected chi connectivity index (χ2v) is 8.44. The number of amides is 1. The summed E-state index contributed by atoms with van der Waals surface area (Å²) in [5.41, 5.74) is 3.27. The number of nitrogens with one attached hydrogen (secondary N) is 1. The molecule has 2 aromatic rings. The van der Waals surface area contributed by atoms with Gasteiger partial charge in [-0.15, -0.1) is 0 Å². The largest absolute Gasteiger partial charge is 0.367 e. The summed E-state index contributed by atoms with van der Waals surface area (Å²) in [5, 5.41) is 8.60. The van der Waals surface area contributed by atoms with Crippen LogP contribution in [0.3, 0.4) is 0 Å². The van der Waals surface area contributed by atoms with Crippen LogP contribution >= 0.6 is 23.2 Å². The van der Waals surface area contributed by atoms with Gasteiger partial charge >= 0.3 is 0 Å². The fourth-order valence-electron chi connectivity index (χ4n) is 3.48. The Kier molecular flexibility index (Phi) is 7.81. The van der Waals surface area contributed by atoms with Crippen LogP contribution in [0.2, 0.25) is 10.2 Å². The topological polar surface area (TPSA) is 53.4 Å². The Labute approximate surface area is 188 Å². The third-order valence-corrected chi connectivity index (χ3v) is 5.93. The van der Waals surface area contributed by atoms with Crippen LogP contribution in [0, 0.1) is 6.92 Å². The van der Waals surface area contributed by atoms with Gasteiger partial charge in [0.2, 0.25) is 5.91 Å². The number of piperazine rings is 1. The van der Waals surface area contributed by atoms with Crippen LogP contribution in [0.25, 0.3) is 6.08 Å². The third-order valence-electron chi connectivity index (χ3n) is 5.29. The molecule has 0 saturated carbocycles. The summed E-state index contributed by atoms with van der Waals surface area (Å²) in [7, 11) is 2.12. The molecule has 1 saturated heterocycles. The maximum atomic E-state index is 12.6. The van der Waals surface area contributed by atoms with Gasteiger partial charge in [0.15, 0.2) is 0 Å². The summed E-state index contributed by atoms with van der Waals surface area (Å²) in [5.74, 6) is -0.232. The zero-order valence-corrected chi connectivity index (χ0v) is 19.3. The van der Waals surface area contributed by atoms with E-state index in [1.165, 1.54) is 6.08 Å². The number of benzene rings is 1. The minimum Gasteiger partial charge on any atom is -0.367 e. The first kappa shape index (κ1) is 22.7. The first-order chi connectivity index (χ1) is 14.4. The molecule has 30 heavy (non-hydrogen) atoms. The monoisotopic (exact) mass is 449 g/mol. The molecule has 1 N–H and O–H groups in total. The van der Waals surface area contributed by atoms with E-state index in [1.807, 2.05) is 19.1 Å². The number of anilines is 2. The zero-order chi connectivity index (χ0) is 21.7. The maximum Gasteiger partial charge on any atom is 0.248 e. The number of unbranched alkanes of at least 4 members (excludes halogenated alkanes) is 1. The summed E-state index contributed by atoms with van der Waals surface area (Å²) in [6.07, 6.45) is 5.30. The number of rotatable bonds is 7. The van der Waals surface area contributed by atoms with Gasteiger partial charge in [-0.1, -0.05) is 36.5 Å². The minimum absolute atomic E-state index is 0.232. The predicted octanol–water partition coefficient (Wildman–Crippen LogP) is 4.70. The van der Waals surface area contributed by atoms with Crippen LogP contribution in [0.15, 0.2) is 24.3 Å². The number of nitrogens with zero attached hydrogens (tertiary/aromatic N) is 4. The van der Waals surface area contributed by atoms with Gasteiger partial charge in [-0.25, -0.2) is 0 Å². The van der Waals surface area contributed by atoms with Crippen LogP contribution in [-0.2, 0) is 11.3 Å². The van der Waals surface area contributed by atoms with Gasteiger partial charge in [0.25, 0.3) is 0 Å². The number of likely N-dealkylation sites (N-methyl/N-ethyl adjacent to an activating group) is 1. The van der Waals surface area contributed by atoms with E-state index in [2.05, 4.69) is 34.2 Å². The van der Waals surface area contributed by atoms with Crippen molar-refractivity contribution in [3.8, 4) is 0 Å². The van der Waals surface area contributed by atoms with E-state index in [9.17, 15) is 4.79 Å². The Morgan fingerprint density at radius 3 is 2.67 bits per heavy atom. The third kappa shape index (κ3) is 5.56. The lowest BCUT2D eigenvalue weighted by atomic mass is 10.2. The molecule has 1 fully saturated rings. The summed E-state index contributed by atoms with van der Waals surface area (Å²) in [4.78, 5) is 17.2. The number of carbonyl (C=O) groups excluding carboxylic acids is 1. The molecule has 0 spiro atoms. The molecule has 0 unspecified atom stereocenters. The molecular formula is C22H29Cl2N5O. The Bertz CT molecular complexity index is 916. The first-order valence-corrected chi connectivity index (χ1v) is 11.1. The van der Waals surface area contributed by atoms with Gasteiger partial charge in [0, 0.05) is 49.4 Å². The van der Waals surface area contributed by atoms with Gasteiger partial charge in [-0.3, -0.25) is 9.48 Å². The van der Waals surface area contributed by atoms with Gasteiger partial charge in [-0.2, -0.15) is 5.10 Å². The van der Waals surface area contributed by atoms with Crippen molar-refractivity contribution in [3.63, 3.8) is 0 Å². The van der Waals surface area contributed by atoms with Crippen molar-refractivity contribution in [1.29, 1.82) is 0 Å². The summed E-state index contributed by atoms with van der Waals surface area (Å²) >= 11 is 12.7. The number of carbonyl (C=O) groups is 1. The molecule has 0 bridgehead atoms. The minimum atomic E-state index is -0.232. The maximum absolute atomic E-state index is 12.6. The number of hydrogen-bond donors (Lipinski definition) is 1. The van der Waals surface area contributed by atoms with Crippen molar-refractivity contribution >= 4 is 46.6 Å². The van der Waals surface area contributed by atoms with Gasteiger partial charge in [-0.05, 0) is 44.7 Å². The summed E-state index contributed by atoms with van der Waals surface area (Å²) in [6.45, 7) is 8.57. The molecule has 1 aliphatic heterocycles. The number of halogens is 2. The Balaban J connectivity index is 1.74. The summed E-state index contributed by atoms with van der Waals surface area (Å²) in [6, 6.07) is 5.61. The predicted molar refractivity (Wildman–Crippen MR) is 126 cm³/mol. The van der Waals surface area contributed by atoms with Crippen LogP contribution in [0.5, 0.6) is 0 Å². The van der Waals surface area contributed by atoms with Crippen molar-refractivity contribution in [2.75, 3.05) is 43.4 Å².